The van der Waals surface area contributed by atoms with Crippen LogP contribution in [-0.4, -0.2) is 40.3 Å². The first-order chi connectivity index (χ1) is 13.2. The topological polar surface area (TPSA) is 54.0 Å². The summed E-state index contributed by atoms with van der Waals surface area (Å²) >= 11 is 1.29. The molecule has 0 saturated heterocycles. The van der Waals surface area contributed by atoms with E-state index in [1.165, 1.54) is 11.8 Å². The summed E-state index contributed by atoms with van der Waals surface area (Å²) in [5.41, 5.74) is 0.0101. The Morgan fingerprint density at radius 3 is 1.96 bits per heavy atom. The average molecular weight is 429 g/mol. The molecule has 28 heavy (non-hydrogen) atoms. The molecule has 5 nitrogen and oxygen atoms in total. The molecule has 1 aromatic rings. The summed E-state index contributed by atoms with van der Waals surface area (Å²) in [4.78, 5) is 13.0. The smallest absolute Gasteiger partial charge is 0.494 e. The molecule has 0 radical (unpaired) electrons. The summed E-state index contributed by atoms with van der Waals surface area (Å²) in [5, 5.41) is 0.185. The van der Waals surface area contributed by atoms with Crippen LogP contribution in [-0.2, 0) is 18.1 Å². The van der Waals surface area contributed by atoms with Crippen LogP contribution in [0.15, 0.2) is 29.2 Å². The van der Waals surface area contributed by atoms with Gasteiger partial charge < -0.3 is 18.0 Å². The van der Waals surface area contributed by atoms with E-state index in [2.05, 4.69) is 20.8 Å². The van der Waals surface area contributed by atoms with Crippen molar-refractivity contribution in [2.45, 2.75) is 65.3 Å². The standard InChI is InChI=1S/C21H36O5SSi/c1-7-24-28(25-8-2,26-9-3)16-10-15-23-18-11-13-19(14-12-18)27-20(22)17-21(4,5)6/h11-14H,7-10,15-17H2,1-6H3. The molecule has 1 rings (SSSR count). The Hall–Kier alpha value is -0.863. The van der Waals surface area contributed by atoms with E-state index in [0.717, 1.165) is 23.1 Å². The fourth-order valence-corrected chi connectivity index (χ4v) is 6.30. The molecule has 0 amide bonds. The Kier molecular flexibility index (Phi) is 11.4. The minimum atomic E-state index is -2.60. The van der Waals surface area contributed by atoms with Crippen molar-refractivity contribution in [1.82, 2.24) is 0 Å². The number of benzene rings is 1. The second-order valence-corrected chi connectivity index (χ2v) is 11.5. The van der Waals surface area contributed by atoms with Crippen molar-refractivity contribution in [3.8, 4) is 5.75 Å². The molecule has 0 bridgehead atoms. The molecule has 0 aromatic heterocycles. The van der Waals surface area contributed by atoms with Crippen LogP contribution in [0.4, 0.5) is 0 Å². The van der Waals surface area contributed by atoms with Gasteiger partial charge >= 0.3 is 8.80 Å². The molecule has 0 saturated carbocycles. The molecule has 0 unspecified atom stereocenters. The maximum absolute atomic E-state index is 12.1. The van der Waals surface area contributed by atoms with Gasteiger partial charge in [-0.3, -0.25) is 4.79 Å². The SMILES string of the molecule is CCO[Si](CCCOc1ccc(SC(=O)CC(C)(C)C)cc1)(OCC)OCC. The van der Waals surface area contributed by atoms with Gasteiger partial charge in [0.2, 0.25) is 0 Å². The van der Waals surface area contributed by atoms with Crippen LogP contribution in [0, 0.1) is 5.41 Å². The molecular weight excluding hydrogens is 392 g/mol. The van der Waals surface area contributed by atoms with E-state index in [1.54, 1.807) is 0 Å². The largest absolute Gasteiger partial charge is 0.501 e. The predicted molar refractivity (Wildman–Crippen MR) is 117 cm³/mol. The van der Waals surface area contributed by atoms with E-state index in [0.29, 0.717) is 32.8 Å². The summed E-state index contributed by atoms with van der Waals surface area (Å²) in [6, 6.07) is 8.41. The van der Waals surface area contributed by atoms with Gasteiger partial charge in [0.25, 0.3) is 0 Å². The zero-order valence-electron chi connectivity index (χ0n) is 18.2. The average Bonchev–Trinajstić information content (AvgIpc) is 2.59. The molecule has 0 spiro atoms. The third kappa shape index (κ3) is 10.1. The maximum atomic E-state index is 12.1. The minimum absolute atomic E-state index is 0.0101. The third-order valence-corrected chi connectivity index (χ3v) is 7.75. The van der Waals surface area contributed by atoms with Crippen LogP contribution in [0.25, 0.3) is 0 Å². The van der Waals surface area contributed by atoms with Gasteiger partial charge in [0.05, 0.1) is 6.61 Å². The second-order valence-electron chi connectivity index (χ2n) is 7.62. The number of carbonyl (C=O) groups is 1. The van der Waals surface area contributed by atoms with Crippen molar-refractivity contribution in [2.75, 3.05) is 26.4 Å². The van der Waals surface area contributed by atoms with Gasteiger partial charge in [0.1, 0.15) is 5.75 Å². The van der Waals surface area contributed by atoms with Crippen LogP contribution < -0.4 is 4.74 Å². The zero-order chi connectivity index (χ0) is 21.0. The van der Waals surface area contributed by atoms with Crippen molar-refractivity contribution in [1.29, 1.82) is 0 Å². The van der Waals surface area contributed by atoms with Crippen LogP contribution in [0.1, 0.15) is 54.4 Å². The van der Waals surface area contributed by atoms with Gasteiger partial charge in [-0.25, -0.2) is 0 Å². The van der Waals surface area contributed by atoms with Crippen LogP contribution in [0.3, 0.4) is 0 Å². The van der Waals surface area contributed by atoms with E-state index >= 15 is 0 Å². The lowest BCUT2D eigenvalue weighted by Crippen LogP contribution is -2.46. The zero-order valence-corrected chi connectivity index (χ0v) is 20.0. The van der Waals surface area contributed by atoms with E-state index in [4.69, 9.17) is 18.0 Å². The van der Waals surface area contributed by atoms with Gasteiger partial charge in [-0.15, -0.1) is 0 Å². The Morgan fingerprint density at radius 2 is 1.50 bits per heavy atom. The first-order valence-corrected chi connectivity index (χ1v) is 12.8. The number of ether oxygens (including phenoxy) is 1. The van der Waals surface area contributed by atoms with E-state index in [1.807, 2.05) is 45.0 Å². The number of hydrogen-bond donors (Lipinski definition) is 0. The van der Waals surface area contributed by atoms with Crippen molar-refractivity contribution < 1.29 is 22.8 Å². The fourth-order valence-electron chi connectivity index (χ4n) is 2.68. The lowest BCUT2D eigenvalue weighted by Gasteiger charge is -2.28. The molecule has 7 heteroatoms. The quantitative estimate of drug-likeness (QED) is 0.233. The van der Waals surface area contributed by atoms with Crippen LogP contribution >= 0.6 is 11.8 Å². The van der Waals surface area contributed by atoms with Crippen molar-refractivity contribution in [3.63, 3.8) is 0 Å². The van der Waals surface area contributed by atoms with Gasteiger partial charge in [-0.2, -0.15) is 0 Å². The second kappa shape index (κ2) is 12.6. The minimum Gasteiger partial charge on any atom is -0.494 e. The lowest BCUT2D eigenvalue weighted by atomic mass is 9.93. The first-order valence-electron chi connectivity index (χ1n) is 10.1. The van der Waals surface area contributed by atoms with E-state index in [9.17, 15) is 4.79 Å². The van der Waals surface area contributed by atoms with Gasteiger partial charge in [-0.1, -0.05) is 32.5 Å². The number of carbonyl (C=O) groups excluding carboxylic acids is 1. The monoisotopic (exact) mass is 428 g/mol. The predicted octanol–water partition coefficient (Wildman–Crippen LogP) is 5.56. The summed E-state index contributed by atoms with van der Waals surface area (Å²) in [6.07, 6.45) is 1.36. The molecule has 0 atom stereocenters. The highest BCUT2D eigenvalue weighted by molar-refractivity contribution is 8.13. The molecule has 0 fully saturated rings. The van der Waals surface area contributed by atoms with Crippen molar-refractivity contribution >= 4 is 25.7 Å². The number of hydrogen-bond acceptors (Lipinski definition) is 6. The van der Waals surface area contributed by atoms with Crippen molar-refractivity contribution in [3.05, 3.63) is 24.3 Å². The number of thioether (sulfide) groups is 1. The van der Waals surface area contributed by atoms with Gasteiger partial charge in [0, 0.05) is 37.2 Å². The fraction of sp³-hybridized carbons (Fsp3) is 0.667. The highest BCUT2D eigenvalue weighted by Gasteiger charge is 2.39. The van der Waals surface area contributed by atoms with Gasteiger partial charge in [-0.05, 0) is 56.9 Å². The Balaban J connectivity index is 2.47. The maximum Gasteiger partial charge on any atom is 0.501 e. The van der Waals surface area contributed by atoms with E-state index < -0.39 is 8.80 Å². The van der Waals surface area contributed by atoms with Gasteiger partial charge in [0.15, 0.2) is 5.12 Å². The third-order valence-electron chi connectivity index (χ3n) is 3.72. The molecule has 0 aliphatic heterocycles. The summed E-state index contributed by atoms with van der Waals surface area (Å²) < 4.78 is 23.4. The lowest BCUT2D eigenvalue weighted by molar-refractivity contribution is -0.112. The summed E-state index contributed by atoms with van der Waals surface area (Å²) in [6.45, 7) is 14.4. The van der Waals surface area contributed by atoms with Crippen LogP contribution in [0.5, 0.6) is 5.75 Å². The molecular formula is C21H36O5SSi. The molecule has 0 aliphatic rings. The highest BCUT2D eigenvalue weighted by Crippen LogP contribution is 2.28. The summed E-state index contributed by atoms with van der Waals surface area (Å²) in [7, 11) is -2.60. The van der Waals surface area contributed by atoms with Crippen LogP contribution in [0.2, 0.25) is 6.04 Å². The normalized spacial score (nSPS) is 12.2. The van der Waals surface area contributed by atoms with Crippen molar-refractivity contribution in [2.24, 2.45) is 5.41 Å². The Labute approximate surface area is 175 Å². The highest BCUT2D eigenvalue weighted by atomic mass is 32.2. The molecule has 1 aromatic carbocycles. The molecule has 160 valence electrons. The van der Waals surface area contributed by atoms with E-state index in [-0.39, 0.29) is 10.5 Å². The summed E-state index contributed by atoms with van der Waals surface area (Å²) in [5.74, 6) is 0.795. The molecule has 0 N–H and O–H groups in total. The Bertz CT molecular complexity index is 554. The first kappa shape index (κ1) is 25.2. The number of rotatable bonds is 13. The Morgan fingerprint density at radius 1 is 0.964 bits per heavy atom. The molecule has 0 heterocycles. The molecule has 0 aliphatic carbocycles.